The third-order valence-electron chi connectivity index (χ3n) is 5.64. The van der Waals surface area contributed by atoms with Crippen molar-refractivity contribution in [3.8, 4) is 0 Å². The fourth-order valence-electron chi connectivity index (χ4n) is 4.11. The van der Waals surface area contributed by atoms with Gasteiger partial charge in [0, 0.05) is 35.7 Å². The smallest absolute Gasteiger partial charge is 0.269 e. The molecule has 1 heterocycles. The maximum atomic E-state index is 13.4. The van der Waals surface area contributed by atoms with Crippen molar-refractivity contribution in [2.75, 3.05) is 0 Å². The summed E-state index contributed by atoms with van der Waals surface area (Å²) >= 11 is 0. The summed E-state index contributed by atoms with van der Waals surface area (Å²) in [6, 6.07) is 12.0. The van der Waals surface area contributed by atoms with Gasteiger partial charge in [0.25, 0.3) is 11.5 Å². The van der Waals surface area contributed by atoms with Crippen LogP contribution in [0.2, 0.25) is 0 Å². The second-order valence-corrected chi connectivity index (χ2v) is 8.27. The molecule has 0 N–H and O–H groups in total. The average Bonchev–Trinajstić information content (AvgIpc) is 3.03. The first-order valence-electron chi connectivity index (χ1n) is 10.3. The number of nitro groups is 1. The molecule has 0 spiro atoms. The minimum absolute atomic E-state index is 0.108. The van der Waals surface area contributed by atoms with Gasteiger partial charge in [-0.15, -0.1) is 0 Å². The normalized spacial score (nSPS) is 12.6. The largest absolute Gasteiger partial charge is 0.290 e. The molecule has 1 aromatic heterocycles. The van der Waals surface area contributed by atoms with Crippen molar-refractivity contribution < 1.29 is 23.9 Å². The summed E-state index contributed by atoms with van der Waals surface area (Å²) in [6.45, 7) is 6.18. The van der Waals surface area contributed by atoms with Crippen molar-refractivity contribution in [2.45, 2.75) is 33.9 Å². The quantitative estimate of drug-likeness (QED) is 0.201. The van der Waals surface area contributed by atoms with Gasteiger partial charge in [-0.3, -0.25) is 24.5 Å². The number of non-ortho nitro benzene ring substituents is 1. The first-order valence-corrected chi connectivity index (χ1v) is 10.3. The summed E-state index contributed by atoms with van der Waals surface area (Å²) in [4.78, 5) is 50.1. The van der Waals surface area contributed by atoms with E-state index in [0.29, 0.717) is 34.8 Å². The number of benzene rings is 2. The van der Waals surface area contributed by atoms with Crippen LogP contribution in [0.1, 0.15) is 62.1 Å². The molecule has 0 saturated heterocycles. The zero-order chi connectivity index (χ0) is 23.2. The number of fused-ring (bicyclic) bond motifs is 2. The summed E-state index contributed by atoms with van der Waals surface area (Å²) < 4.78 is 3.41. The van der Waals surface area contributed by atoms with Crippen LogP contribution in [-0.4, -0.2) is 26.8 Å². The Morgan fingerprint density at radius 3 is 2.19 bits per heavy atom. The van der Waals surface area contributed by atoms with Crippen LogP contribution >= 0.6 is 0 Å². The second kappa shape index (κ2) is 7.96. The van der Waals surface area contributed by atoms with E-state index in [4.69, 9.17) is 0 Å². The number of imidazole rings is 1. The number of nitrogens with zero attached hydrogens (tertiary/aromatic N) is 3. The number of nitro benzene ring substituents is 1. The minimum Gasteiger partial charge on any atom is -0.290 e. The van der Waals surface area contributed by atoms with Crippen LogP contribution in [0.15, 0.2) is 48.5 Å². The molecule has 4 rings (SSSR count). The molecule has 0 amide bonds. The SMILES string of the molecule is Cc1n(CC(C)C)c2c([n+]1CC(=O)c1ccc([N+](=O)[O-])cc1)C(=O)c1ccccc1C2=O. The van der Waals surface area contributed by atoms with Gasteiger partial charge < -0.3 is 0 Å². The summed E-state index contributed by atoms with van der Waals surface area (Å²) in [5.74, 6) is 0.00644. The van der Waals surface area contributed by atoms with Crippen LogP contribution in [0, 0.1) is 23.0 Å². The first-order chi connectivity index (χ1) is 15.2. The van der Waals surface area contributed by atoms with Gasteiger partial charge >= 0.3 is 0 Å². The molecule has 0 saturated carbocycles. The van der Waals surface area contributed by atoms with E-state index in [1.54, 1.807) is 35.8 Å². The van der Waals surface area contributed by atoms with Gasteiger partial charge in [-0.1, -0.05) is 38.1 Å². The van der Waals surface area contributed by atoms with Crippen molar-refractivity contribution in [3.05, 3.63) is 92.5 Å². The van der Waals surface area contributed by atoms with Gasteiger partial charge in [0.15, 0.2) is 6.54 Å². The number of rotatable bonds is 6. The van der Waals surface area contributed by atoms with Crippen LogP contribution in [-0.2, 0) is 13.1 Å². The maximum Gasteiger partial charge on any atom is 0.269 e. The molecular weight excluding hydrogens is 410 g/mol. The number of aromatic nitrogens is 2. The fourth-order valence-corrected chi connectivity index (χ4v) is 4.11. The fraction of sp³-hybridized carbons (Fsp3) is 0.250. The van der Waals surface area contributed by atoms with E-state index in [2.05, 4.69) is 0 Å². The lowest BCUT2D eigenvalue weighted by Crippen LogP contribution is -2.46. The molecule has 0 bridgehead atoms. The number of carbonyl (C=O) groups excluding carboxylic acids is 3. The Labute approximate surface area is 184 Å². The zero-order valence-electron chi connectivity index (χ0n) is 18.0. The van der Waals surface area contributed by atoms with Crippen molar-refractivity contribution in [3.63, 3.8) is 0 Å². The Balaban J connectivity index is 1.82. The Morgan fingerprint density at radius 2 is 1.62 bits per heavy atom. The highest BCUT2D eigenvalue weighted by atomic mass is 16.6. The molecule has 0 fully saturated rings. The Kier molecular flexibility index (Phi) is 5.30. The van der Waals surface area contributed by atoms with Crippen molar-refractivity contribution in [1.82, 2.24) is 4.57 Å². The van der Waals surface area contributed by atoms with E-state index < -0.39 is 4.92 Å². The standard InChI is InChI=1S/C24H22N3O5/c1-14(2)12-25-15(3)26(13-20(28)16-8-10-17(11-9-16)27(31)32)22-21(25)23(29)18-6-4-5-7-19(18)24(22)30/h4-11,14H,12-13H2,1-3H3/q+1. The van der Waals surface area contributed by atoms with Crippen molar-refractivity contribution in [2.24, 2.45) is 5.92 Å². The molecule has 8 heteroatoms. The van der Waals surface area contributed by atoms with E-state index in [-0.39, 0.29) is 41.2 Å². The van der Waals surface area contributed by atoms with Crippen molar-refractivity contribution >= 4 is 23.0 Å². The average molecular weight is 432 g/mol. The molecule has 3 aromatic rings. The summed E-state index contributed by atoms with van der Waals surface area (Å²) in [5, 5.41) is 10.9. The highest BCUT2D eigenvalue weighted by Crippen LogP contribution is 2.27. The number of hydrogen-bond acceptors (Lipinski definition) is 5. The van der Waals surface area contributed by atoms with Crippen LogP contribution in [0.5, 0.6) is 0 Å². The molecule has 8 nitrogen and oxygen atoms in total. The van der Waals surface area contributed by atoms with Crippen LogP contribution < -0.4 is 4.57 Å². The van der Waals surface area contributed by atoms with E-state index >= 15 is 0 Å². The lowest BCUT2D eigenvalue weighted by atomic mass is 9.89. The van der Waals surface area contributed by atoms with E-state index in [9.17, 15) is 24.5 Å². The molecule has 0 aliphatic heterocycles. The number of Topliss-reactive ketones (excluding diaryl/α,β-unsaturated/α-hetero) is 1. The summed E-state index contributed by atoms with van der Waals surface area (Å²) in [7, 11) is 0. The van der Waals surface area contributed by atoms with E-state index in [1.165, 1.54) is 24.3 Å². The molecular formula is C24H22N3O5+. The minimum atomic E-state index is -0.530. The third kappa shape index (κ3) is 3.43. The lowest BCUT2D eigenvalue weighted by Gasteiger charge is -2.13. The molecule has 0 atom stereocenters. The predicted octanol–water partition coefficient (Wildman–Crippen LogP) is 3.31. The van der Waals surface area contributed by atoms with Gasteiger partial charge in [0.05, 0.1) is 11.5 Å². The monoisotopic (exact) mass is 432 g/mol. The highest BCUT2D eigenvalue weighted by molar-refractivity contribution is 6.26. The van der Waals surface area contributed by atoms with Crippen LogP contribution in [0.3, 0.4) is 0 Å². The molecule has 1 aliphatic rings. The number of hydrogen-bond donors (Lipinski definition) is 0. The zero-order valence-corrected chi connectivity index (χ0v) is 18.0. The Bertz CT molecular complexity index is 1290. The number of carbonyl (C=O) groups is 3. The molecule has 0 unspecified atom stereocenters. The maximum absolute atomic E-state index is 13.4. The molecule has 2 aromatic carbocycles. The van der Waals surface area contributed by atoms with Crippen LogP contribution in [0.25, 0.3) is 0 Å². The molecule has 162 valence electrons. The van der Waals surface area contributed by atoms with Crippen LogP contribution in [0.4, 0.5) is 5.69 Å². The first kappa shape index (κ1) is 21.3. The Hall–Kier alpha value is -3.94. The summed E-state index contributed by atoms with van der Waals surface area (Å²) in [6.07, 6.45) is 0. The molecule has 0 radical (unpaired) electrons. The number of ketones is 3. The van der Waals surface area contributed by atoms with Crippen molar-refractivity contribution in [1.29, 1.82) is 0 Å². The van der Waals surface area contributed by atoms with Gasteiger partial charge in [-0.25, -0.2) is 9.13 Å². The Morgan fingerprint density at radius 1 is 1.03 bits per heavy atom. The second-order valence-electron chi connectivity index (χ2n) is 8.27. The van der Waals surface area contributed by atoms with Gasteiger partial charge in [-0.05, 0) is 18.1 Å². The lowest BCUT2D eigenvalue weighted by molar-refractivity contribution is -0.690. The topological polar surface area (TPSA) is 103 Å². The van der Waals surface area contributed by atoms with Gasteiger partial charge in [0.2, 0.25) is 28.7 Å². The summed E-state index contributed by atoms with van der Waals surface area (Å²) in [5.41, 5.74) is 1.38. The predicted molar refractivity (Wildman–Crippen MR) is 115 cm³/mol. The molecule has 1 aliphatic carbocycles. The third-order valence-corrected chi connectivity index (χ3v) is 5.64. The van der Waals surface area contributed by atoms with E-state index in [1.807, 2.05) is 18.4 Å². The van der Waals surface area contributed by atoms with Gasteiger partial charge in [-0.2, -0.15) is 0 Å². The molecule has 32 heavy (non-hydrogen) atoms. The highest BCUT2D eigenvalue weighted by Gasteiger charge is 2.43. The van der Waals surface area contributed by atoms with Gasteiger partial charge in [0.1, 0.15) is 0 Å². The van der Waals surface area contributed by atoms with E-state index in [0.717, 1.165) is 0 Å².